The molecule has 3 aromatic heterocycles. The average Bonchev–Trinajstić information content (AvgIpc) is 3.73. The molecule has 8 N–H and O–H groups in total. The fourth-order valence-electron chi connectivity index (χ4n) is 7.36. The van der Waals surface area contributed by atoms with E-state index in [-0.39, 0.29) is 17.9 Å². The number of guanidine groups is 1. The van der Waals surface area contributed by atoms with E-state index in [1.165, 1.54) is 16.7 Å². The number of hydrogen-bond donors (Lipinski definition) is 5. The zero-order valence-corrected chi connectivity index (χ0v) is 40.3. The number of nitrogen functional groups attached to an aromatic ring is 1. The smallest absolute Gasteiger partial charge is 0.254 e. The number of anilines is 2. The lowest BCUT2D eigenvalue weighted by molar-refractivity contribution is -0.118. The third-order valence-electron chi connectivity index (χ3n) is 10.8. The topological polar surface area (TPSA) is 173 Å². The van der Waals surface area contributed by atoms with Crippen molar-refractivity contribution in [3.05, 3.63) is 89.7 Å². The summed E-state index contributed by atoms with van der Waals surface area (Å²) in [4.78, 5) is 28.7. The first-order valence-electron chi connectivity index (χ1n) is 21.9. The SMILES string of the molecule is C=C1N=C(N)C(C(C)C)=CN1C(C)C.C=C1NC(=O)C(C(C)C)=CN1C(C)C.CC(C)c1cn(C(C)C)c2c1C(C)N=C(N)N2.CC(C)c1cn(C(C)C)c2nccc(N)c12. The van der Waals surface area contributed by atoms with Crippen molar-refractivity contribution in [3.63, 3.8) is 0 Å². The Balaban J connectivity index is 0.000000218. The highest BCUT2D eigenvalue weighted by atomic mass is 16.2. The Kier molecular flexibility index (Phi) is 17.1. The lowest BCUT2D eigenvalue weighted by atomic mass is 9.97. The third kappa shape index (κ3) is 11.9. The van der Waals surface area contributed by atoms with E-state index >= 15 is 0 Å². The molecule has 13 nitrogen and oxygen atoms in total. The molecule has 3 aliphatic rings. The van der Waals surface area contributed by atoms with E-state index in [1.54, 1.807) is 6.20 Å². The van der Waals surface area contributed by atoms with Crippen LogP contribution in [0.25, 0.3) is 11.0 Å². The Hall–Kier alpha value is -5.46. The molecule has 0 saturated heterocycles. The largest absolute Gasteiger partial charge is 0.398 e. The van der Waals surface area contributed by atoms with Crippen LogP contribution >= 0.6 is 0 Å². The Morgan fingerprint density at radius 3 is 1.69 bits per heavy atom. The molecule has 6 rings (SSSR count). The predicted molar refractivity (Wildman–Crippen MR) is 259 cm³/mol. The maximum absolute atomic E-state index is 11.5. The van der Waals surface area contributed by atoms with Gasteiger partial charge in [-0.15, -0.1) is 0 Å². The number of nitrogens with zero attached hydrogens (tertiary/aromatic N) is 7. The van der Waals surface area contributed by atoms with E-state index in [9.17, 15) is 4.79 Å². The third-order valence-corrected chi connectivity index (χ3v) is 10.8. The summed E-state index contributed by atoms with van der Waals surface area (Å²) < 4.78 is 4.45. The molecule has 1 unspecified atom stereocenters. The van der Waals surface area contributed by atoms with E-state index in [4.69, 9.17) is 17.2 Å². The number of amides is 1. The number of nitrogens with one attached hydrogen (secondary N) is 2. The molecule has 61 heavy (non-hydrogen) atoms. The van der Waals surface area contributed by atoms with E-state index in [2.05, 4.69) is 170 Å². The van der Waals surface area contributed by atoms with Crippen molar-refractivity contribution in [2.75, 3.05) is 11.1 Å². The molecule has 3 aliphatic heterocycles. The molecule has 1 amide bonds. The number of carbonyl (C=O) groups excluding carboxylic acids is 1. The number of nitrogens with two attached hydrogens (primary N) is 3. The van der Waals surface area contributed by atoms with Gasteiger partial charge in [0.1, 0.15) is 28.9 Å². The van der Waals surface area contributed by atoms with Crippen LogP contribution in [-0.4, -0.2) is 53.7 Å². The summed E-state index contributed by atoms with van der Waals surface area (Å²) in [5.41, 5.74) is 25.4. The van der Waals surface area contributed by atoms with Crippen LogP contribution < -0.4 is 27.8 Å². The fourth-order valence-corrected chi connectivity index (χ4v) is 7.36. The molecule has 336 valence electrons. The minimum absolute atomic E-state index is 0.0260. The van der Waals surface area contributed by atoms with Crippen molar-refractivity contribution in [2.45, 2.75) is 160 Å². The van der Waals surface area contributed by atoms with Crippen LogP contribution in [0.4, 0.5) is 11.5 Å². The first kappa shape index (κ1) is 49.9. The van der Waals surface area contributed by atoms with Gasteiger partial charge in [-0.1, -0.05) is 68.5 Å². The molecule has 0 saturated carbocycles. The molecule has 0 fully saturated rings. The second-order valence-corrected chi connectivity index (χ2v) is 18.5. The average molecular weight is 839 g/mol. The van der Waals surface area contributed by atoms with Crippen LogP contribution in [0.1, 0.15) is 164 Å². The van der Waals surface area contributed by atoms with Gasteiger partial charge in [0.15, 0.2) is 5.96 Å². The Morgan fingerprint density at radius 2 is 1.20 bits per heavy atom. The van der Waals surface area contributed by atoms with Crippen LogP contribution in [0.2, 0.25) is 0 Å². The van der Waals surface area contributed by atoms with Gasteiger partial charge in [-0.25, -0.2) is 15.0 Å². The van der Waals surface area contributed by atoms with Gasteiger partial charge in [0, 0.05) is 82.9 Å². The molecular formula is C48H78N12O. The van der Waals surface area contributed by atoms with E-state index in [0.717, 1.165) is 39.5 Å². The molecule has 0 bridgehead atoms. The highest BCUT2D eigenvalue weighted by Gasteiger charge is 2.27. The summed E-state index contributed by atoms with van der Waals surface area (Å²) in [6.07, 6.45) is 10.2. The summed E-state index contributed by atoms with van der Waals surface area (Å²) in [6, 6.07) is 3.53. The maximum atomic E-state index is 11.5. The molecule has 3 aromatic rings. The van der Waals surface area contributed by atoms with Crippen molar-refractivity contribution in [1.29, 1.82) is 0 Å². The molecule has 0 spiro atoms. The van der Waals surface area contributed by atoms with Gasteiger partial charge in [-0.2, -0.15) is 0 Å². The molecule has 1 atom stereocenters. The molecule has 6 heterocycles. The first-order chi connectivity index (χ1) is 28.3. The van der Waals surface area contributed by atoms with E-state index < -0.39 is 0 Å². The lowest BCUT2D eigenvalue weighted by Crippen LogP contribution is -2.41. The number of hydrogen-bond acceptors (Lipinski definition) is 10. The number of pyridine rings is 1. The van der Waals surface area contributed by atoms with Crippen molar-refractivity contribution >= 4 is 40.2 Å². The van der Waals surface area contributed by atoms with Crippen LogP contribution in [0.15, 0.2) is 83.0 Å². The standard InChI is InChI=1S/C13H22N4.C13H19N3.C11H19N3.C11H18N2O/c1-7(2)10-6-17(8(3)4)12-11(10)9(5)15-13(14)16-12;1-8(2)10-7-16(9(3)4)13-12(10)11(14)5-6-15-13;1-7(2)10-6-14(8(3)4)9(5)13-11(10)12;1-7(2)10-6-13(8(3)4)9(5)12-11(10)14/h6-9H,1-5H3,(H3,14,15,16);5-9H,1-4H3,(H2,14,15);6-8H,5H2,1-4H3,(H2,12,13);6-8H,5H2,1-4H3,(H,12,14). The number of aliphatic imine (C=N–C) groups is 2. The van der Waals surface area contributed by atoms with Crippen LogP contribution in [0.3, 0.4) is 0 Å². The molecule has 0 radical (unpaired) electrons. The summed E-state index contributed by atoms with van der Waals surface area (Å²) in [5.74, 6) is 5.19. The van der Waals surface area contributed by atoms with Crippen LogP contribution in [0, 0.1) is 11.8 Å². The Morgan fingerprint density at radius 1 is 0.672 bits per heavy atom. The zero-order chi connectivity index (χ0) is 46.4. The van der Waals surface area contributed by atoms with Gasteiger partial charge in [-0.05, 0) is 103 Å². The summed E-state index contributed by atoms with van der Waals surface area (Å²) in [6.45, 7) is 43.9. The van der Waals surface area contributed by atoms with Gasteiger partial charge in [0.25, 0.3) is 5.91 Å². The lowest BCUT2D eigenvalue weighted by Gasteiger charge is -2.32. The van der Waals surface area contributed by atoms with Crippen molar-refractivity contribution in [3.8, 4) is 0 Å². The number of amidine groups is 1. The monoisotopic (exact) mass is 839 g/mol. The highest BCUT2D eigenvalue weighted by molar-refractivity contribution is 5.98. The molecule has 0 aliphatic carbocycles. The quantitative estimate of drug-likeness (QED) is 0.149. The summed E-state index contributed by atoms with van der Waals surface area (Å²) in [7, 11) is 0. The molecular weight excluding hydrogens is 761 g/mol. The van der Waals surface area contributed by atoms with Gasteiger partial charge in [0.2, 0.25) is 0 Å². The van der Waals surface area contributed by atoms with Crippen LogP contribution in [0.5, 0.6) is 0 Å². The zero-order valence-electron chi connectivity index (χ0n) is 40.3. The van der Waals surface area contributed by atoms with Crippen molar-refractivity contribution in [1.82, 2.24) is 29.2 Å². The van der Waals surface area contributed by atoms with E-state index in [0.29, 0.717) is 59.5 Å². The number of fused-ring (bicyclic) bond motifs is 2. The Bertz CT molecular complexity index is 2140. The second kappa shape index (κ2) is 20.9. The van der Waals surface area contributed by atoms with Gasteiger partial charge >= 0.3 is 0 Å². The highest BCUT2D eigenvalue weighted by Crippen LogP contribution is 2.39. The molecule has 13 heteroatoms. The normalized spacial score (nSPS) is 16.5. The summed E-state index contributed by atoms with van der Waals surface area (Å²) >= 11 is 0. The number of carbonyl (C=O) groups is 1. The molecule has 0 aromatic carbocycles. The minimum atomic E-state index is -0.0260. The number of aromatic nitrogens is 3. The summed E-state index contributed by atoms with van der Waals surface area (Å²) in [5, 5.41) is 7.09. The van der Waals surface area contributed by atoms with Gasteiger partial charge < -0.3 is 46.8 Å². The van der Waals surface area contributed by atoms with Crippen molar-refractivity contribution < 1.29 is 4.79 Å². The fraction of sp³-hybridized carbons (Fsp3) is 0.542. The first-order valence-corrected chi connectivity index (χ1v) is 21.9. The second-order valence-electron chi connectivity index (χ2n) is 18.5. The Labute approximate surface area is 367 Å². The van der Waals surface area contributed by atoms with Crippen molar-refractivity contribution in [2.24, 2.45) is 33.3 Å². The predicted octanol–water partition coefficient (Wildman–Crippen LogP) is 10.2. The maximum Gasteiger partial charge on any atom is 0.254 e. The van der Waals surface area contributed by atoms with E-state index in [1.807, 2.05) is 35.9 Å². The number of rotatable bonds is 8. The van der Waals surface area contributed by atoms with Gasteiger partial charge in [-0.3, -0.25) is 4.79 Å². The van der Waals surface area contributed by atoms with Crippen LogP contribution in [-0.2, 0) is 4.79 Å². The minimum Gasteiger partial charge on any atom is -0.398 e. The van der Waals surface area contributed by atoms with Gasteiger partial charge in [0.05, 0.1) is 6.04 Å².